The molecule has 5 nitrogen and oxygen atoms in total. The first-order chi connectivity index (χ1) is 9.40. The van der Waals surface area contributed by atoms with Gasteiger partial charge in [-0.15, -0.1) is 0 Å². The van der Waals surface area contributed by atoms with Gasteiger partial charge in [0.1, 0.15) is 22.3 Å². The third-order valence-electron chi connectivity index (χ3n) is 2.42. The number of benzene rings is 1. The Kier molecular flexibility index (Phi) is 3.84. The molecule has 0 radical (unpaired) electrons. The summed E-state index contributed by atoms with van der Waals surface area (Å²) in [6, 6.07) is 5.23. The summed E-state index contributed by atoms with van der Waals surface area (Å²) in [5, 5.41) is 2.74. The van der Waals surface area contributed by atoms with Gasteiger partial charge in [0, 0.05) is 19.3 Å². The van der Waals surface area contributed by atoms with Crippen LogP contribution in [0.25, 0.3) is 0 Å². The molecule has 1 heterocycles. The molecule has 2 rings (SSSR count). The molecule has 0 fully saturated rings. The molecule has 0 amide bonds. The van der Waals surface area contributed by atoms with Crippen molar-refractivity contribution < 1.29 is 17.2 Å². The standard InChI is InChI=1S/C12H11F2N3O2S/c1-15-12-3-2-11(7-16-12)20(18,19)17-10-5-8(13)4-9(14)6-10/h2-7,17H,1H3,(H,15,16). The Morgan fingerprint density at radius 3 is 2.25 bits per heavy atom. The summed E-state index contributed by atoms with van der Waals surface area (Å²) >= 11 is 0. The Hall–Kier alpha value is -2.22. The largest absolute Gasteiger partial charge is 0.373 e. The third-order valence-corrected chi connectivity index (χ3v) is 3.78. The van der Waals surface area contributed by atoms with Crippen LogP contribution in [0.5, 0.6) is 0 Å². The fourth-order valence-electron chi connectivity index (χ4n) is 1.51. The van der Waals surface area contributed by atoms with E-state index in [1.807, 2.05) is 0 Å². The second-order valence-electron chi connectivity index (χ2n) is 3.89. The van der Waals surface area contributed by atoms with Gasteiger partial charge < -0.3 is 5.32 Å². The lowest BCUT2D eigenvalue weighted by Gasteiger charge is -2.08. The van der Waals surface area contributed by atoms with Crippen molar-refractivity contribution in [3.63, 3.8) is 0 Å². The van der Waals surface area contributed by atoms with E-state index in [0.717, 1.165) is 18.3 Å². The van der Waals surface area contributed by atoms with Crippen LogP contribution in [0.4, 0.5) is 20.3 Å². The van der Waals surface area contributed by atoms with Crippen molar-refractivity contribution in [2.45, 2.75) is 4.90 Å². The molecule has 0 bridgehead atoms. The highest BCUT2D eigenvalue weighted by Gasteiger charge is 2.15. The molecule has 1 aromatic carbocycles. The van der Waals surface area contributed by atoms with Gasteiger partial charge in [-0.3, -0.25) is 4.72 Å². The summed E-state index contributed by atoms with van der Waals surface area (Å²) in [6.07, 6.45) is 1.14. The zero-order chi connectivity index (χ0) is 14.8. The van der Waals surface area contributed by atoms with Crippen LogP contribution in [0.1, 0.15) is 0 Å². The number of hydrogen-bond acceptors (Lipinski definition) is 4. The molecule has 8 heteroatoms. The molecule has 2 aromatic rings. The minimum atomic E-state index is -3.95. The predicted molar refractivity (Wildman–Crippen MR) is 71.0 cm³/mol. The molecule has 0 saturated heterocycles. The molecule has 0 saturated carbocycles. The number of sulfonamides is 1. The van der Waals surface area contributed by atoms with Crippen LogP contribution in [-0.2, 0) is 10.0 Å². The van der Waals surface area contributed by atoms with Gasteiger partial charge in [-0.05, 0) is 24.3 Å². The van der Waals surface area contributed by atoms with Crippen molar-refractivity contribution in [2.75, 3.05) is 17.1 Å². The van der Waals surface area contributed by atoms with E-state index in [2.05, 4.69) is 15.0 Å². The number of aromatic nitrogens is 1. The molecular formula is C12H11F2N3O2S. The molecule has 0 aliphatic rings. The average molecular weight is 299 g/mol. The smallest absolute Gasteiger partial charge is 0.263 e. The van der Waals surface area contributed by atoms with Gasteiger partial charge in [-0.1, -0.05) is 0 Å². The summed E-state index contributed by atoms with van der Waals surface area (Å²) in [4.78, 5) is 3.75. The van der Waals surface area contributed by atoms with E-state index >= 15 is 0 Å². The number of anilines is 2. The molecule has 2 N–H and O–H groups in total. The van der Waals surface area contributed by atoms with E-state index in [1.165, 1.54) is 12.1 Å². The third kappa shape index (κ3) is 3.21. The lowest BCUT2D eigenvalue weighted by molar-refractivity contribution is 0.584. The number of pyridine rings is 1. The fraction of sp³-hybridized carbons (Fsp3) is 0.0833. The quantitative estimate of drug-likeness (QED) is 0.908. The normalized spacial score (nSPS) is 11.2. The van der Waals surface area contributed by atoms with E-state index in [4.69, 9.17) is 0 Å². The van der Waals surface area contributed by atoms with Crippen LogP contribution in [0.2, 0.25) is 0 Å². The molecule has 0 spiro atoms. The molecule has 0 atom stereocenters. The Bertz CT molecular complexity index is 698. The average Bonchev–Trinajstić information content (AvgIpc) is 2.37. The van der Waals surface area contributed by atoms with Gasteiger partial charge >= 0.3 is 0 Å². The zero-order valence-corrected chi connectivity index (χ0v) is 11.2. The van der Waals surface area contributed by atoms with Gasteiger partial charge in [-0.2, -0.15) is 0 Å². The molecule has 0 unspecified atom stereocenters. The Morgan fingerprint density at radius 2 is 1.75 bits per heavy atom. The van der Waals surface area contributed by atoms with Crippen molar-refractivity contribution in [1.29, 1.82) is 0 Å². The predicted octanol–water partition coefficient (Wildman–Crippen LogP) is 2.20. The first-order valence-electron chi connectivity index (χ1n) is 5.53. The van der Waals surface area contributed by atoms with Gasteiger partial charge in [0.2, 0.25) is 0 Å². The highest BCUT2D eigenvalue weighted by molar-refractivity contribution is 7.92. The maximum atomic E-state index is 13.0. The maximum absolute atomic E-state index is 13.0. The fourth-order valence-corrected chi connectivity index (χ4v) is 2.50. The Balaban J connectivity index is 2.30. The molecule has 1 aromatic heterocycles. The van der Waals surface area contributed by atoms with Gasteiger partial charge in [0.25, 0.3) is 10.0 Å². The molecule has 0 aliphatic heterocycles. The number of rotatable bonds is 4. The van der Waals surface area contributed by atoms with E-state index in [9.17, 15) is 17.2 Å². The number of nitrogens with zero attached hydrogens (tertiary/aromatic N) is 1. The van der Waals surface area contributed by atoms with E-state index in [0.29, 0.717) is 11.9 Å². The summed E-state index contributed by atoms with van der Waals surface area (Å²) in [5.74, 6) is -1.24. The summed E-state index contributed by atoms with van der Waals surface area (Å²) < 4.78 is 52.1. The molecule has 106 valence electrons. The first-order valence-corrected chi connectivity index (χ1v) is 7.02. The first kappa shape index (κ1) is 14.2. The van der Waals surface area contributed by atoms with Crippen LogP contribution in [-0.4, -0.2) is 20.4 Å². The highest BCUT2D eigenvalue weighted by Crippen LogP contribution is 2.18. The van der Waals surface area contributed by atoms with Crippen molar-refractivity contribution >= 4 is 21.5 Å². The van der Waals surface area contributed by atoms with Crippen molar-refractivity contribution in [3.05, 3.63) is 48.2 Å². The van der Waals surface area contributed by atoms with Crippen molar-refractivity contribution in [3.8, 4) is 0 Å². The molecule has 20 heavy (non-hydrogen) atoms. The summed E-state index contributed by atoms with van der Waals surface area (Å²) in [7, 11) is -2.30. The minimum Gasteiger partial charge on any atom is -0.373 e. The van der Waals surface area contributed by atoms with E-state index < -0.39 is 21.7 Å². The Morgan fingerprint density at radius 1 is 1.10 bits per heavy atom. The topological polar surface area (TPSA) is 71.1 Å². The van der Waals surface area contributed by atoms with E-state index in [1.54, 1.807) is 7.05 Å². The monoisotopic (exact) mass is 299 g/mol. The summed E-state index contributed by atoms with van der Waals surface area (Å²) in [6.45, 7) is 0. The summed E-state index contributed by atoms with van der Waals surface area (Å²) in [5.41, 5.74) is -0.194. The SMILES string of the molecule is CNc1ccc(S(=O)(=O)Nc2cc(F)cc(F)c2)cn1. The van der Waals surface area contributed by atoms with Crippen LogP contribution in [0.3, 0.4) is 0 Å². The van der Waals surface area contributed by atoms with Crippen LogP contribution >= 0.6 is 0 Å². The minimum absolute atomic E-state index is 0.110. The van der Waals surface area contributed by atoms with Gasteiger partial charge in [0.05, 0.1) is 5.69 Å². The second kappa shape index (κ2) is 5.41. The van der Waals surface area contributed by atoms with Crippen molar-refractivity contribution in [1.82, 2.24) is 4.98 Å². The van der Waals surface area contributed by atoms with Crippen LogP contribution < -0.4 is 10.0 Å². The zero-order valence-electron chi connectivity index (χ0n) is 10.4. The van der Waals surface area contributed by atoms with Crippen molar-refractivity contribution in [2.24, 2.45) is 0 Å². The van der Waals surface area contributed by atoms with E-state index in [-0.39, 0.29) is 10.6 Å². The van der Waals surface area contributed by atoms with Gasteiger partial charge in [0.15, 0.2) is 0 Å². The lowest BCUT2D eigenvalue weighted by Crippen LogP contribution is -2.13. The van der Waals surface area contributed by atoms with Crippen LogP contribution in [0, 0.1) is 11.6 Å². The number of hydrogen-bond donors (Lipinski definition) is 2. The Labute approximate surface area is 114 Å². The highest BCUT2D eigenvalue weighted by atomic mass is 32.2. The van der Waals surface area contributed by atoms with Gasteiger partial charge in [-0.25, -0.2) is 22.2 Å². The second-order valence-corrected chi connectivity index (χ2v) is 5.58. The number of nitrogens with one attached hydrogen (secondary N) is 2. The lowest BCUT2D eigenvalue weighted by atomic mass is 10.3. The number of halogens is 2. The van der Waals surface area contributed by atoms with Crippen LogP contribution in [0.15, 0.2) is 41.4 Å². The molecule has 0 aliphatic carbocycles. The maximum Gasteiger partial charge on any atom is 0.263 e. The molecular weight excluding hydrogens is 288 g/mol.